The van der Waals surface area contributed by atoms with E-state index in [2.05, 4.69) is 5.32 Å². The van der Waals surface area contributed by atoms with E-state index < -0.39 is 27.3 Å². The zero-order valence-electron chi connectivity index (χ0n) is 12.3. The monoisotopic (exact) mass is 325 g/mol. The molecule has 1 aromatic carbocycles. The van der Waals surface area contributed by atoms with Crippen LogP contribution in [-0.4, -0.2) is 36.7 Å². The van der Waals surface area contributed by atoms with Crippen molar-refractivity contribution in [3.63, 3.8) is 0 Å². The fraction of sp³-hybridized carbons (Fsp3) is 0.467. The Labute approximate surface area is 129 Å². The molecule has 2 N–H and O–H groups in total. The number of amides is 1. The Morgan fingerprint density at radius 2 is 2.00 bits per heavy atom. The number of aliphatic carboxylic acids is 1. The quantitative estimate of drug-likeness (QED) is 0.827. The predicted octanol–water partition coefficient (Wildman–Crippen LogP) is 1.61. The molecule has 1 aliphatic rings. The summed E-state index contributed by atoms with van der Waals surface area (Å²) in [5.74, 6) is -1.43. The number of rotatable bonds is 6. The van der Waals surface area contributed by atoms with Crippen molar-refractivity contribution in [1.82, 2.24) is 5.32 Å². The number of sulfone groups is 1. The summed E-state index contributed by atoms with van der Waals surface area (Å²) in [6.07, 6.45) is 2.00. The van der Waals surface area contributed by atoms with Gasteiger partial charge in [-0.25, -0.2) is 8.42 Å². The Morgan fingerprint density at radius 1 is 1.32 bits per heavy atom. The van der Waals surface area contributed by atoms with Crippen LogP contribution in [-0.2, 0) is 14.6 Å². The van der Waals surface area contributed by atoms with E-state index in [4.69, 9.17) is 5.11 Å². The van der Waals surface area contributed by atoms with Crippen LogP contribution in [0.25, 0.3) is 0 Å². The van der Waals surface area contributed by atoms with Gasteiger partial charge < -0.3 is 10.4 Å². The molecule has 0 heterocycles. The highest BCUT2D eigenvalue weighted by Gasteiger charge is 2.40. The summed E-state index contributed by atoms with van der Waals surface area (Å²) in [7, 11) is -3.38. The summed E-state index contributed by atoms with van der Waals surface area (Å²) >= 11 is 0. The average molecular weight is 325 g/mol. The highest BCUT2D eigenvalue weighted by molar-refractivity contribution is 7.91. The molecule has 0 atom stereocenters. The fourth-order valence-electron chi connectivity index (χ4n) is 2.55. The molecule has 1 saturated carbocycles. The van der Waals surface area contributed by atoms with Crippen LogP contribution in [0.2, 0.25) is 0 Å². The van der Waals surface area contributed by atoms with Crippen molar-refractivity contribution in [3.8, 4) is 0 Å². The number of carbonyl (C=O) groups excluding carboxylic acids is 1. The standard InChI is InChI=1S/C15H19NO5S/c1-2-22(20,21)12-6-3-5-11(9-12)14(19)16-15(7-4-8-15)10-13(17)18/h3,5-6,9H,2,4,7-8,10H2,1H3,(H,16,19)(H,17,18). The molecule has 1 fully saturated rings. The zero-order valence-corrected chi connectivity index (χ0v) is 13.1. The number of nitrogens with one attached hydrogen (secondary N) is 1. The van der Waals surface area contributed by atoms with Gasteiger partial charge in [-0.05, 0) is 37.5 Å². The summed E-state index contributed by atoms with van der Waals surface area (Å²) in [6, 6.07) is 5.83. The zero-order chi connectivity index (χ0) is 16.4. The van der Waals surface area contributed by atoms with E-state index in [0.29, 0.717) is 12.8 Å². The smallest absolute Gasteiger partial charge is 0.305 e. The van der Waals surface area contributed by atoms with Crippen LogP contribution in [0.1, 0.15) is 43.0 Å². The Balaban J connectivity index is 2.20. The molecule has 1 aliphatic carbocycles. The van der Waals surface area contributed by atoms with E-state index in [0.717, 1.165) is 6.42 Å². The highest BCUT2D eigenvalue weighted by atomic mass is 32.2. The van der Waals surface area contributed by atoms with Gasteiger partial charge in [0.25, 0.3) is 5.91 Å². The number of carbonyl (C=O) groups is 2. The third kappa shape index (κ3) is 3.47. The van der Waals surface area contributed by atoms with E-state index in [1.165, 1.54) is 31.2 Å². The molecule has 0 unspecified atom stereocenters. The highest BCUT2D eigenvalue weighted by Crippen LogP contribution is 2.35. The van der Waals surface area contributed by atoms with Crippen molar-refractivity contribution in [2.45, 2.75) is 43.0 Å². The molecule has 0 saturated heterocycles. The van der Waals surface area contributed by atoms with E-state index >= 15 is 0 Å². The first-order valence-corrected chi connectivity index (χ1v) is 8.80. The van der Waals surface area contributed by atoms with Crippen molar-refractivity contribution in [1.29, 1.82) is 0 Å². The number of carboxylic acids is 1. The Bertz CT molecular complexity index is 692. The molecule has 22 heavy (non-hydrogen) atoms. The Kier molecular flexibility index (Phi) is 4.55. The van der Waals surface area contributed by atoms with Crippen LogP contribution in [0.15, 0.2) is 29.2 Å². The van der Waals surface area contributed by atoms with Gasteiger partial charge in [-0.3, -0.25) is 9.59 Å². The molecule has 0 radical (unpaired) electrons. The van der Waals surface area contributed by atoms with E-state index in [1.54, 1.807) is 0 Å². The van der Waals surface area contributed by atoms with Crippen LogP contribution in [0.4, 0.5) is 0 Å². The van der Waals surface area contributed by atoms with E-state index in [-0.39, 0.29) is 22.6 Å². The first-order valence-electron chi connectivity index (χ1n) is 7.15. The maximum absolute atomic E-state index is 12.3. The molecule has 7 heteroatoms. The SMILES string of the molecule is CCS(=O)(=O)c1cccc(C(=O)NC2(CC(=O)O)CCC2)c1. The number of carboxylic acid groups (broad SMARTS) is 1. The van der Waals surface area contributed by atoms with Gasteiger partial charge in [0.15, 0.2) is 9.84 Å². The van der Waals surface area contributed by atoms with Crippen molar-refractivity contribution in [3.05, 3.63) is 29.8 Å². The third-order valence-electron chi connectivity index (χ3n) is 4.01. The first-order chi connectivity index (χ1) is 10.3. The molecule has 0 aromatic heterocycles. The molecule has 0 aliphatic heterocycles. The second-order valence-electron chi connectivity index (χ2n) is 5.59. The minimum atomic E-state index is -3.38. The molecule has 2 rings (SSSR count). The lowest BCUT2D eigenvalue weighted by Crippen LogP contribution is -2.54. The van der Waals surface area contributed by atoms with Crippen molar-refractivity contribution in [2.24, 2.45) is 0 Å². The van der Waals surface area contributed by atoms with Gasteiger partial charge in [-0.15, -0.1) is 0 Å². The lowest BCUT2D eigenvalue weighted by molar-refractivity contribution is -0.139. The van der Waals surface area contributed by atoms with E-state index in [1.807, 2.05) is 0 Å². The topological polar surface area (TPSA) is 101 Å². The van der Waals surface area contributed by atoms with Crippen LogP contribution >= 0.6 is 0 Å². The van der Waals surface area contributed by atoms with Crippen LogP contribution in [0, 0.1) is 0 Å². The van der Waals surface area contributed by atoms with Gasteiger partial charge in [0.2, 0.25) is 0 Å². The number of benzene rings is 1. The maximum atomic E-state index is 12.3. The van der Waals surface area contributed by atoms with Gasteiger partial charge in [-0.1, -0.05) is 13.0 Å². The molecule has 6 nitrogen and oxygen atoms in total. The van der Waals surface area contributed by atoms with E-state index in [9.17, 15) is 18.0 Å². The van der Waals surface area contributed by atoms with Gasteiger partial charge in [0.05, 0.1) is 22.6 Å². The summed E-state index contributed by atoms with van der Waals surface area (Å²) in [4.78, 5) is 23.3. The number of hydrogen-bond donors (Lipinski definition) is 2. The first kappa shape index (κ1) is 16.5. The lowest BCUT2D eigenvalue weighted by atomic mass is 9.74. The van der Waals surface area contributed by atoms with Gasteiger partial charge in [-0.2, -0.15) is 0 Å². The van der Waals surface area contributed by atoms with Crippen LogP contribution < -0.4 is 5.32 Å². The summed E-state index contributed by atoms with van der Waals surface area (Å²) in [5, 5.41) is 11.7. The second-order valence-corrected chi connectivity index (χ2v) is 7.87. The Morgan fingerprint density at radius 3 is 2.50 bits per heavy atom. The summed E-state index contributed by atoms with van der Waals surface area (Å²) in [5.41, 5.74) is -0.478. The molecule has 1 amide bonds. The largest absolute Gasteiger partial charge is 0.481 e. The second kappa shape index (κ2) is 6.08. The van der Waals surface area contributed by atoms with Crippen molar-refractivity contribution >= 4 is 21.7 Å². The molecule has 120 valence electrons. The normalized spacial score (nSPS) is 16.6. The Hall–Kier alpha value is -1.89. The minimum Gasteiger partial charge on any atom is -0.481 e. The third-order valence-corrected chi connectivity index (χ3v) is 5.75. The summed E-state index contributed by atoms with van der Waals surface area (Å²) in [6.45, 7) is 1.54. The molecular weight excluding hydrogens is 306 g/mol. The summed E-state index contributed by atoms with van der Waals surface area (Å²) < 4.78 is 23.7. The van der Waals surface area contributed by atoms with Crippen LogP contribution in [0.5, 0.6) is 0 Å². The molecule has 1 aromatic rings. The average Bonchev–Trinajstić information content (AvgIpc) is 2.44. The fourth-order valence-corrected chi connectivity index (χ4v) is 3.48. The lowest BCUT2D eigenvalue weighted by Gasteiger charge is -2.41. The van der Waals surface area contributed by atoms with Crippen molar-refractivity contribution < 1.29 is 23.1 Å². The van der Waals surface area contributed by atoms with Crippen molar-refractivity contribution in [2.75, 3.05) is 5.75 Å². The minimum absolute atomic E-state index is 0.0407. The number of hydrogen-bond acceptors (Lipinski definition) is 4. The predicted molar refractivity (Wildman–Crippen MR) is 80.5 cm³/mol. The van der Waals surface area contributed by atoms with Crippen LogP contribution in [0.3, 0.4) is 0 Å². The maximum Gasteiger partial charge on any atom is 0.305 e. The molecule has 0 spiro atoms. The van der Waals surface area contributed by atoms with Gasteiger partial charge in [0.1, 0.15) is 0 Å². The molecule has 0 bridgehead atoms. The van der Waals surface area contributed by atoms with Gasteiger partial charge >= 0.3 is 5.97 Å². The van der Waals surface area contributed by atoms with Gasteiger partial charge in [0, 0.05) is 5.56 Å². The molecular formula is C15H19NO5S.